The van der Waals surface area contributed by atoms with Crippen LogP contribution < -0.4 is 15.8 Å². The first-order valence-corrected chi connectivity index (χ1v) is 6.54. The number of hydrogen-bond acceptors (Lipinski definition) is 2. The Kier molecular flexibility index (Phi) is 7.93. The standard InChI is InChI=1S/C15H25N3O.HI/c1-11(10-17-14(16)18-15(2,3)4)12-8-6-7-9-13(12)19-5;/h6-9,11H,10H2,1-5H3,(H3,16,17,18);1H. The van der Waals surface area contributed by atoms with E-state index in [0.717, 1.165) is 11.3 Å². The first kappa shape index (κ1) is 19.0. The molecule has 0 amide bonds. The lowest BCUT2D eigenvalue weighted by molar-refractivity contribution is 0.406. The number of para-hydroxylation sites is 1. The molecule has 0 aliphatic heterocycles. The van der Waals surface area contributed by atoms with Gasteiger partial charge in [-0.15, -0.1) is 24.0 Å². The summed E-state index contributed by atoms with van der Waals surface area (Å²) in [5.41, 5.74) is 6.95. The summed E-state index contributed by atoms with van der Waals surface area (Å²) < 4.78 is 5.36. The van der Waals surface area contributed by atoms with E-state index in [-0.39, 0.29) is 35.4 Å². The Hall–Kier alpha value is -0.980. The van der Waals surface area contributed by atoms with Crippen LogP contribution in [0, 0.1) is 0 Å². The van der Waals surface area contributed by atoms with Crippen molar-refractivity contribution in [2.75, 3.05) is 13.7 Å². The Balaban J connectivity index is 0.00000361. The third kappa shape index (κ3) is 6.45. The number of aliphatic imine (C=N–C) groups is 1. The molecule has 20 heavy (non-hydrogen) atoms. The van der Waals surface area contributed by atoms with Gasteiger partial charge in [0, 0.05) is 18.0 Å². The van der Waals surface area contributed by atoms with E-state index in [9.17, 15) is 0 Å². The summed E-state index contributed by atoms with van der Waals surface area (Å²) in [6, 6.07) is 8.00. The van der Waals surface area contributed by atoms with Crippen LogP contribution in [0.1, 0.15) is 39.2 Å². The molecule has 0 aliphatic carbocycles. The molecule has 0 heterocycles. The van der Waals surface area contributed by atoms with Gasteiger partial charge in [0.25, 0.3) is 0 Å². The Bertz CT molecular complexity index is 441. The van der Waals surface area contributed by atoms with Gasteiger partial charge in [-0.2, -0.15) is 0 Å². The summed E-state index contributed by atoms with van der Waals surface area (Å²) in [5.74, 6) is 1.64. The summed E-state index contributed by atoms with van der Waals surface area (Å²) in [6.07, 6.45) is 0. The van der Waals surface area contributed by atoms with Gasteiger partial charge in [0.2, 0.25) is 0 Å². The molecule has 1 aromatic carbocycles. The molecule has 114 valence electrons. The maximum atomic E-state index is 5.86. The molecule has 3 N–H and O–H groups in total. The molecular weight excluding hydrogens is 365 g/mol. The predicted molar refractivity (Wildman–Crippen MR) is 96.2 cm³/mol. The minimum Gasteiger partial charge on any atom is -0.496 e. The number of nitrogens with one attached hydrogen (secondary N) is 1. The molecule has 0 saturated heterocycles. The van der Waals surface area contributed by atoms with E-state index < -0.39 is 0 Å². The van der Waals surface area contributed by atoms with Crippen molar-refractivity contribution < 1.29 is 4.74 Å². The highest BCUT2D eigenvalue weighted by Crippen LogP contribution is 2.26. The Morgan fingerprint density at radius 2 is 1.95 bits per heavy atom. The van der Waals surface area contributed by atoms with Crippen molar-refractivity contribution in [2.24, 2.45) is 10.7 Å². The van der Waals surface area contributed by atoms with Gasteiger partial charge in [-0.05, 0) is 32.4 Å². The van der Waals surface area contributed by atoms with Gasteiger partial charge < -0.3 is 15.8 Å². The van der Waals surface area contributed by atoms with Crippen molar-refractivity contribution in [3.05, 3.63) is 29.8 Å². The number of benzene rings is 1. The van der Waals surface area contributed by atoms with Crippen molar-refractivity contribution in [3.8, 4) is 5.75 Å². The minimum atomic E-state index is -0.0682. The van der Waals surface area contributed by atoms with Gasteiger partial charge >= 0.3 is 0 Å². The molecule has 0 spiro atoms. The number of nitrogens with zero attached hydrogens (tertiary/aromatic N) is 1. The van der Waals surface area contributed by atoms with E-state index in [1.54, 1.807) is 7.11 Å². The Morgan fingerprint density at radius 1 is 1.35 bits per heavy atom. The zero-order chi connectivity index (χ0) is 14.5. The van der Waals surface area contributed by atoms with Crippen LogP contribution >= 0.6 is 24.0 Å². The molecular formula is C15H26IN3O. The molecule has 0 bridgehead atoms. The van der Waals surface area contributed by atoms with Crippen LogP contribution in [0.25, 0.3) is 0 Å². The van der Waals surface area contributed by atoms with Crippen molar-refractivity contribution in [1.82, 2.24) is 5.32 Å². The van der Waals surface area contributed by atoms with Crippen molar-refractivity contribution in [1.29, 1.82) is 0 Å². The van der Waals surface area contributed by atoms with Gasteiger partial charge in [0.15, 0.2) is 5.96 Å². The van der Waals surface area contributed by atoms with Crippen LogP contribution in [0.5, 0.6) is 5.75 Å². The molecule has 0 aromatic heterocycles. The number of guanidine groups is 1. The normalized spacial score (nSPS) is 13.3. The lowest BCUT2D eigenvalue weighted by Crippen LogP contribution is -2.45. The van der Waals surface area contributed by atoms with E-state index in [4.69, 9.17) is 10.5 Å². The second kappa shape index (κ2) is 8.34. The summed E-state index contributed by atoms with van der Waals surface area (Å²) in [5, 5.41) is 3.15. The number of halogens is 1. The number of nitrogens with two attached hydrogens (primary N) is 1. The number of rotatable bonds is 4. The smallest absolute Gasteiger partial charge is 0.189 e. The maximum Gasteiger partial charge on any atom is 0.189 e. The topological polar surface area (TPSA) is 59.6 Å². The Morgan fingerprint density at radius 3 is 2.50 bits per heavy atom. The van der Waals surface area contributed by atoms with E-state index in [2.05, 4.69) is 44.1 Å². The highest BCUT2D eigenvalue weighted by molar-refractivity contribution is 14.0. The van der Waals surface area contributed by atoms with Gasteiger partial charge in [0.1, 0.15) is 5.75 Å². The molecule has 1 unspecified atom stereocenters. The van der Waals surface area contributed by atoms with Gasteiger partial charge in [-0.1, -0.05) is 25.1 Å². The van der Waals surface area contributed by atoms with Crippen molar-refractivity contribution in [2.45, 2.75) is 39.2 Å². The van der Waals surface area contributed by atoms with E-state index in [1.807, 2.05) is 18.2 Å². The molecule has 0 fully saturated rings. The van der Waals surface area contributed by atoms with E-state index in [0.29, 0.717) is 12.5 Å². The Labute approximate surface area is 139 Å². The van der Waals surface area contributed by atoms with E-state index in [1.165, 1.54) is 0 Å². The third-order valence-electron chi connectivity index (χ3n) is 2.71. The molecule has 4 nitrogen and oxygen atoms in total. The van der Waals surface area contributed by atoms with Gasteiger partial charge in [0.05, 0.1) is 7.11 Å². The lowest BCUT2D eigenvalue weighted by atomic mass is 10.0. The highest BCUT2D eigenvalue weighted by Gasteiger charge is 2.12. The molecule has 0 saturated carbocycles. The van der Waals surface area contributed by atoms with Crippen molar-refractivity contribution >= 4 is 29.9 Å². The lowest BCUT2D eigenvalue weighted by Gasteiger charge is -2.21. The first-order valence-electron chi connectivity index (χ1n) is 6.54. The fourth-order valence-electron chi connectivity index (χ4n) is 1.83. The number of hydrogen-bond donors (Lipinski definition) is 2. The fourth-order valence-corrected chi connectivity index (χ4v) is 1.83. The van der Waals surface area contributed by atoms with Crippen LogP contribution in [0.3, 0.4) is 0 Å². The molecule has 1 atom stereocenters. The van der Waals surface area contributed by atoms with E-state index >= 15 is 0 Å². The minimum absolute atomic E-state index is 0. The molecule has 1 aromatic rings. The summed E-state index contributed by atoms with van der Waals surface area (Å²) in [7, 11) is 1.68. The number of methoxy groups -OCH3 is 1. The van der Waals surface area contributed by atoms with Gasteiger partial charge in [-0.3, -0.25) is 4.99 Å². The van der Waals surface area contributed by atoms with Crippen LogP contribution in [0.2, 0.25) is 0 Å². The van der Waals surface area contributed by atoms with Gasteiger partial charge in [-0.25, -0.2) is 0 Å². The predicted octanol–water partition coefficient (Wildman–Crippen LogP) is 3.12. The largest absolute Gasteiger partial charge is 0.496 e. The van der Waals surface area contributed by atoms with Crippen LogP contribution in [-0.2, 0) is 0 Å². The highest BCUT2D eigenvalue weighted by atomic mass is 127. The molecule has 5 heteroatoms. The zero-order valence-corrected chi connectivity index (χ0v) is 15.3. The molecule has 1 rings (SSSR count). The summed E-state index contributed by atoms with van der Waals surface area (Å²) in [4.78, 5) is 4.39. The second-order valence-electron chi connectivity index (χ2n) is 5.74. The molecule has 0 radical (unpaired) electrons. The average molecular weight is 391 g/mol. The average Bonchev–Trinajstić information content (AvgIpc) is 2.33. The van der Waals surface area contributed by atoms with Crippen molar-refractivity contribution in [3.63, 3.8) is 0 Å². The summed E-state index contributed by atoms with van der Waals surface area (Å²) in [6.45, 7) is 8.91. The molecule has 0 aliphatic rings. The zero-order valence-electron chi connectivity index (χ0n) is 12.9. The first-order chi connectivity index (χ1) is 8.83. The SMILES string of the molecule is COc1ccccc1C(C)CN=C(N)NC(C)(C)C.I. The quantitative estimate of drug-likeness (QED) is 0.471. The fraction of sp³-hybridized carbons (Fsp3) is 0.533. The van der Waals surface area contributed by atoms with Crippen LogP contribution in [0.4, 0.5) is 0 Å². The summed E-state index contributed by atoms with van der Waals surface area (Å²) >= 11 is 0. The second-order valence-corrected chi connectivity index (χ2v) is 5.74. The monoisotopic (exact) mass is 391 g/mol. The maximum absolute atomic E-state index is 5.86. The van der Waals surface area contributed by atoms with Crippen LogP contribution in [0.15, 0.2) is 29.3 Å². The third-order valence-corrected chi connectivity index (χ3v) is 2.71. The van der Waals surface area contributed by atoms with Crippen LogP contribution in [-0.4, -0.2) is 25.2 Å². The number of ether oxygens (including phenoxy) is 1.